The summed E-state index contributed by atoms with van der Waals surface area (Å²) in [4.78, 5) is 44.9. The second-order valence-electron chi connectivity index (χ2n) is 5.17. The molecular weight excluding hydrogens is 344 g/mol. The largest absolute Gasteiger partial charge is 0.478 e. The maximum atomic E-state index is 11.5. The highest BCUT2D eigenvalue weighted by atomic mass is 16.4. The summed E-state index contributed by atoms with van der Waals surface area (Å²) in [6.07, 6.45) is 2.59. The van der Waals surface area contributed by atoms with Gasteiger partial charge in [0.2, 0.25) is 0 Å². The summed E-state index contributed by atoms with van der Waals surface area (Å²) in [6.45, 7) is 0. The van der Waals surface area contributed by atoms with Gasteiger partial charge in [-0.15, -0.1) is 0 Å². The zero-order valence-corrected chi connectivity index (χ0v) is 13.0. The summed E-state index contributed by atoms with van der Waals surface area (Å²) in [5.74, 6) is -5.66. The van der Waals surface area contributed by atoms with E-state index in [2.05, 4.69) is 0 Å². The summed E-state index contributed by atoms with van der Waals surface area (Å²) >= 11 is 0. The molecule has 0 fully saturated rings. The lowest BCUT2D eigenvalue weighted by atomic mass is 9.96. The zero-order valence-electron chi connectivity index (χ0n) is 13.0. The molecule has 0 aliphatic heterocycles. The van der Waals surface area contributed by atoms with Crippen molar-refractivity contribution in [3.63, 3.8) is 0 Å². The summed E-state index contributed by atoms with van der Waals surface area (Å²) in [7, 11) is 0. The number of hydrogen-bond donors (Lipinski definition) is 4. The normalized spacial score (nSPS) is 10.6. The van der Waals surface area contributed by atoms with Gasteiger partial charge < -0.3 is 20.4 Å². The van der Waals surface area contributed by atoms with Gasteiger partial charge in [-0.1, -0.05) is 24.3 Å². The van der Waals surface area contributed by atoms with Crippen LogP contribution in [-0.4, -0.2) is 44.3 Å². The van der Waals surface area contributed by atoms with E-state index in [0.29, 0.717) is 5.56 Å². The van der Waals surface area contributed by atoms with Crippen LogP contribution in [0.2, 0.25) is 0 Å². The van der Waals surface area contributed by atoms with Gasteiger partial charge in [-0.05, 0) is 35.4 Å². The van der Waals surface area contributed by atoms with E-state index in [1.807, 2.05) is 0 Å². The van der Waals surface area contributed by atoms with E-state index in [9.17, 15) is 29.4 Å². The standard InChI is InChI=1S/C18H12O8/c19-15(20)11-3-1-2-9(6-11)4-5-10-7-12(16(21)22)8-13(17(23)24)14(10)18(25)26/h1-8H,(H,19,20)(H,21,22)(H,23,24)(H,25,26)/b5-4-. The Morgan fingerprint density at radius 1 is 0.692 bits per heavy atom. The van der Waals surface area contributed by atoms with Crippen molar-refractivity contribution in [2.45, 2.75) is 0 Å². The van der Waals surface area contributed by atoms with Crippen LogP contribution in [0.25, 0.3) is 12.2 Å². The van der Waals surface area contributed by atoms with Crippen LogP contribution in [0.15, 0.2) is 36.4 Å². The van der Waals surface area contributed by atoms with Gasteiger partial charge in [0.15, 0.2) is 0 Å². The van der Waals surface area contributed by atoms with Gasteiger partial charge in [0.1, 0.15) is 0 Å². The fourth-order valence-electron chi connectivity index (χ4n) is 2.29. The summed E-state index contributed by atoms with van der Waals surface area (Å²) in [5.41, 5.74) is -1.30. The SMILES string of the molecule is O=C(O)c1cccc(/C=C\c2cc(C(=O)O)cc(C(=O)O)c2C(=O)O)c1. The molecule has 0 amide bonds. The average molecular weight is 356 g/mol. The van der Waals surface area contributed by atoms with Gasteiger partial charge in [0, 0.05) is 0 Å². The van der Waals surface area contributed by atoms with E-state index >= 15 is 0 Å². The van der Waals surface area contributed by atoms with Gasteiger partial charge in [-0.3, -0.25) is 0 Å². The second kappa shape index (κ2) is 7.31. The second-order valence-corrected chi connectivity index (χ2v) is 5.17. The third-order valence-electron chi connectivity index (χ3n) is 3.45. The molecule has 8 heteroatoms. The summed E-state index contributed by atoms with van der Waals surface area (Å²) in [5, 5.41) is 36.6. The summed E-state index contributed by atoms with van der Waals surface area (Å²) < 4.78 is 0. The highest BCUT2D eigenvalue weighted by Crippen LogP contribution is 2.22. The van der Waals surface area contributed by atoms with Crippen LogP contribution >= 0.6 is 0 Å². The average Bonchev–Trinajstić information content (AvgIpc) is 2.58. The van der Waals surface area contributed by atoms with E-state index in [4.69, 9.17) is 10.2 Å². The first-order valence-electron chi connectivity index (χ1n) is 7.10. The van der Waals surface area contributed by atoms with Crippen molar-refractivity contribution in [1.29, 1.82) is 0 Å². The quantitative estimate of drug-likeness (QED) is 0.577. The van der Waals surface area contributed by atoms with Crippen LogP contribution in [0.5, 0.6) is 0 Å². The van der Waals surface area contributed by atoms with Crippen LogP contribution in [0.1, 0.15) is 52.6 Å². The van der Waals surface area contributed by atoms with Crippen LogP contribution in [0, 0.1) is 0 Å². The molecule has 0 bridgehead atoms. The molecule has 0 aromatic heterocycles. The number of carboxylic acids is 4. The van der Waals surface area contributed by atoms with E-state index in [1.54, 1.807) is 6.07 Å². The Morgan fingerprint density at radius 2 is 1.35 bits per heavy atom. The molecule has 0 unspecified atom stereocenters. The van der Waals surface area contributed by atoms with Crippen LogP contribution in [-0.2, 0) is 0 Å². The third kappa shape index (κ3) is 3.93. The first-order valence-corrected chi connectivity index (χ1v) is 7.10. The van der Waals surface area contributed by atoms with Crippen molar-refractivity contribution in [2.24, 2.45) is 0 Å². The number of hydrogen-bond acceptors (Lipinski definition) is 4. The minimum Gasteiger partial charge on any atom is -0.478 e. The molecule has 8 nitrogen and oxygen atoms in total. The topological polar surface area (TPSA) is 149 Å². The van der Waals surface area contributed by atoms with Crippen LogP contribution in [0.4, 0.5) is 0 Å². The number of carbonyl (C=O) groups is 4. The number of carboxylic acid groups (broad SMARTS) is 4. The molecule has 0 heterocycles. The van der Waals surface area contributed by atoms with Gasteiger partial charge in [0.25, 0.3) is 0 Å². The zero-order chi connectivity index (χ0) is 19.4. The van der Waals surface area contributed by atoms with E-state index in [-0.39, 0.29) is 16.7 Å². The molecule has 0 spiro atoms. The molecule has 0 aliphatic rings. The Kier molecular flexibility index (Phi) is 5.17. The maximum Gasteiger partial charge on any atom is 0.337 e. The Balaban J connectivity index is 2.62. The minimum atomic E-state index is -1.58. The summed E-state index contributed by atoms with van der Waals surface area (Å²) in [6, 6.07) is 7.56. The lowest BCUT2D eigenvalue weighted by Crippen LogP contribution is -2.12. The molecule has 0 aliphatic carbocycles. The van der Waals surface area contributed by atoms with Crippen molar-refractivity contribution in [3.05, 3.63) is 69.8 Å². The Morgan fingerprint density at radius 3 is 1.88 bits per heavy atom. The van der Waals surface area contributed by atoms with E-state index < -0.39 is 35.0 Å². The van der Waals surface area contributed by atoms with Crippen molar-refractivity contribution in [1.82, 2.24) is 0 Å². The molecule has 2 aromatic rings. The first kappa shape index (κ1) is 18.4. The molecule has 132 valence electrons. The molecule has 2 rings (SSSR count). The monoisotopic (exact) mass is 356 g/mol. The van der Waals surface area contributed by atoms with Gasteiger partial charge in [0.05, 0.1) is 22.3 Å². The number of benzene rings is 2. The lowest BCUT2D eigenvalue weighted by Gasteiger charge is -2.08. The van der Waals surface area contributed by atoms with Gasteiger partial charge >= 0.3 is 23.9 Å². The molecule has 0 atom stereocenters. The highest BCUT2D eigenvalue weighted by molar-refractivity contribution is 6.07. The minimum absolute atomic E-state index is 0.0103. The van der Waals surface area contributed by atoms with E-state index in [0.717, 1.165) is 12.1 Å². The van der Waals surface area contributed by atoms with Gasteiger partial charge in [-0.25, -0.2) is 19.2 Å². The Bertz CT molecular complexity index is 956. The molecule has 0 saturated carbocycles. The highest BCUT2D eigenvalue weighted by Gasteiger charge is 2.22. The molecule has 2 aromatic carbocycles. The van der Waals surface area contributed by atoms with Crippen molar-refractivity contribution < 1.29 is 39.6 Å². The predicted octanol–water partition coefficient (Wildman–Crippen LogP) is 2.65. The molecular formula is C18H12O8. The smallest absolute Gasteiger partial charge is 0.337 e. The predicted molar refractivity (Wildman–Crippen MR) is 89.6 cm³/mol. The van der Waals surface area contributed by atoms with E-state index in [1.165, 1.54) is 30.4 Å². The Labute approximate surface area is 146 Å². The third-order valence-corrected chi connectivity index (χ3v) is 3.45. The number of rotatable bonds is 6. The molecule has 26 heavy (non-hydrogen) atoms. The van der Waals surface area contributed by atoms with Crippen molar-refractivity contribution >= 4 is 36.0 Å². The molecule has 0 saturated heterocycles. The van der Waals surface area contributed by atoms with Gasteiger partial charge in [-0.2, -0.15) is 0 Å². The van der Waals surface area contributed by atoms with Crippen LogP contribution < -0.4 is 0 Å². The molecule has 4 N–H and O–H groups in total. The van der Waals surface area contributed by atoms with Crippen LogP contribution in [0.3, 0.4) is 0 Å². The molecule has 0 radical (unpaired) electrons. The fraction of sp³-hybridized carbons (Fsp3) is 0. The first-order chi connectivity index (χ1) is 12.2. The van der Waals surface area contributed by atoms with Crippen molar-refractivity contribution in [2.75, 3.05) is 0 Å². The van der Waals surface area contributed by atoms with Crippen molar-refractivity contribution in [3.8, 4) is 0 Å². The maximum absolute atomic E-state index is 11.5. The fourth-order valence-corrected chi connectivity index (χ4v) is 2.29. The number of aromatic carboxylic acids is 4. The Hall–Kier alpha value is -3.94. The lowest BCUT2D eigenvalue weighted by molar-refractivity contribution is 0.0649.